The number of nitrogens with zero attached hydrogens (tertiary/aromatic N) is 2. The summed E-state index contributed by atoms with van der Waals surface area (Å²) >= 11 is 6.39. The van der Waals surface area contributed by atoms with Gasteiger partial charge < -0.3 is 5.32 Å². The van der Waals surface area contributed by atoms with Crippen molar-refractivity contribution in [2.75, 3.05) is 6.54 Å². The fraction of sp³-hybridized carbons (Fsp3) is 0.500. The fourth-order valence-electron chi connectivity index (χ4n) is 2.85. The summed E-state index contributed by atoms with van der Waals surface area (Å²) in [4.78, 5) is 12.9. The van der Waals surface area contributed by atoms with Gasteiger partial charge in [-0.05, 0) is 30.9 Å². The van der Waals surface area contributed by atoms with Crippen LogP contribution in [0.3, 0.4) is 0 Å². The molecule has 0 bridgehead atoms. The Labute approximate surface area is 155 Å². The number of rotatable bonds is 8. The van der Waals surface area contributed by atoms with Gasteiger partial charge in [0.25, 0.3) is 5.91 Å². The van der Waals surface area contributed by atoms with E-state index in [4.69, 9.17) is 16.7 Å². The molecule has 136 valence electrons. The van der Waals surface area contributed by atoms with Crippen molar-refractivity contribution in [3.63, 3.8) is 0 Å². The molecule has 1 N–H and O–H groups in total. The summed E-state index contributed by atoms with van der Waals surface area (Å²) in [7, 11) is 0. The van der Waals surface area contributed by atoms with Crippen molar-refractivity contribution in [3.8, 4) is 5.69 Å². The average Bonchev–Trinajstić information content (AvgIpc) is 2.92. The van der Waals surface area contributed by atoms with Crippen LogP contribution in [0, 0.1) is 5.92 Å². The Bertz CT molecular complexity index is 722. The van der Waals surface area contributed by atoms with Crippen LogP contribution in [-0.4, -0.2) is 22.2 Å². The summed E-state index contributed by atoms with van der Waals surface area (Å²) < 4.78 is 1.86. The minimum atomic E-state index is -0.0288. The lowest BCUT2D eigenvalue weighted by Gasteiger charge is -2.11. The molecular weight excluding hydrogens is 334 g/mol. The molecule has 25 heavy (non-hydrogen) atoms. The second kappa shape index (κ2) is 9.04. The monoisotopic (exact) mass is 361 g/mol. The molecule has 0 saturated heterocycles. The quantitative estimate of drug-likeness (QED) is 0.732. The van der Waals surface area contributed by atoms with Crippen LogP contribution >= 0.6 is 11.6 Å². The number of hydrogen-bond acceptors (Lipinski definition) is 2. The summed E-state index contributed by atoms with van der Waals surface area (Å²) in [6, 6.07) is 7.64. The van der Waals surface area contributed by atoms with Gasteiger partial charge in [0.15, 0.2) is 0 Å². The Kier molecular flexibility index (Phi) is 7.06. The molecule has 1 amide bonds. The molecule has 1 heterocycles. The van der Waals surface area contributed by atoms with Crippen LogP contribution in [0.15, 0.2) is 24.3 Å². The van der Waals surface area contributed by atoms with Crippen molar-refractivity contribution in [2.24, 2.45) is 5.92 Å². The molecule has 0 aliphatic rings. The van der Waals surface area contributed by atoms with Crippen LogP contribution in [-0.2, 0) is 12.8 Å². The van der Waals surface area contributed by atoms with E-state index in [2.05, 4.69) is 33.0 Å². The van der Waals surface area contributed by atoms with Gasteiger partial charge in [-0.1, -0.05) is 64.3 Å². The predicted molar refractivity (Wildman–Crippen MR) is 104 cm³/mol. The summed E-state index contributed by atoms with van der Waals surface area (Å²) in [5.41, 5.74) is 3.35. The van der Waals surface area contributed by atoms with Crippen LogP contribution in [0.4, 0.5) is 0 Å². The number of aromatic nitrogens is 2. The third kappa shape index (κ3) is 4.63. The minimum Gasteiger partial charge on any atom is -0.352 e. The number of nitrogens with one attached hydrogen (secondary N) is 1. The molecule has 0 aliphatic carbocycles. The number of aryl methyl sites for hydroxylation is 1. The minimum absolute atomic E-state index is 0.0288. The first-order valence-electron chi connectivity index (χ1n) is 9.13. The van der Waals surface area contributed by atoms with E-state index >= 15 is 0 Å². The highest BCUT2D eigenvalue weighted by atomic mass is 35.5. The number of benzene rings is 1. The van der Waals surface area contributed by atoms with E-state index in [0.717, 1.165) is 48.3 Å². The van der Waals surface area contributed by atoms with E-state index < -0.39 is 0 Å². The summed E-state index contributed by atoms with van der Waals surface area (Å²) in [6.45, 7) is 9.05. The van der Waals surface area contributed by atoms with E-state index in [1.165, 1.54) is 0 Å². The lowest BCUT2D eigenvalue weighted by Crippen LogP contribution is -2.28. The number of amides is 1. The van der Waals surface area contributed by atoms with Crippen molar-refractivity contribution < 1.29 is 4.79 Å². The lowest BCUT2D eigenvalue weighted by atomic mass is 10.0. The third-order valence-electron chi connectivity index (χ3n) is 4.01. The van der Waals surface area contributed by atoms with Crippen LogP contribution < -0.4 is 5.32 Å². The average molecular weight is 362 g/mol. The maximum Gasteiger partial charge on any atom is 0.255 e. The van der Waals surface area contributed by atoms with Crippen LogP contribution in [0.2, 0.25) is 5.02 Å². The zero-order chi connectivity index (χ0) is 18.4. The van der Waals surface area contributed by atoms with Crippen molar-refractivity contribution in [2.45, 2.75) is 53.4 Å². The van der Waals surface area contributed by atoms with E-state index in [0.29, 0.717) is 17.5 Å². The maximum absolute atomic E-state index is 12.9. The van der Waals surface area contributed by atoms with Gasteiger partial charge in [0.1, 0.15) is 0 Å². The van der Waals surface area contributed by atoms with Gasteiger partial charge in [0.05, 0.1) is 27.7 Å². The molecule has 0 unspecified atom stereocenters. The molecule has 5 heteroatoms. The molecule has 1 aromatic carbocycles. The summed E-state index contributed by atoms with van der Waals surface area (Å²) in [5, 5.41) is 8.46. The SMILES string of the molecule is CCCc1nn(-c2ccccc2Cl)c(CCC)c1C(=O)NCC(C)C. The van der Waals surface area contributed by atoms with Gasteiger partial charge in [-0.2, -0.15) is 5.10 Å². The zero-order valence-electron chi connectivity index (χ0n) is 15.6. The zero-order valence-corrected chi connectivity index (χ0v) is 16.4. The first kappa shape index (κ1) is 19.5. The van der Waals surface area contributed by atoms with Gasteiger partial charge >= 0.3 is 0 Å². The Morgan fingerprint density at radius 1 is 1.20 bits per heavy atom. The highest BCUT2D eigenvalue weighted by molar-refractivity contribution is 6.32. The van der Waals surface area contributed by atoms with Gasteiger partial charge in [0, 0.05) is 6.54 Å². The number of para-hydroxylation sites is 1. The van der Waals surface area contributed by atoms with Gasteiger partial charge in [0.2, 0.25) is 0 Å². The second-order valence-electron chi connectivity index (χ2n) is 6.74. The normalized spacial score (nSPS) is 11.1. The Balaban J connectivity index is 2.55. The topological polar surface area (TPSA) is 46.9 Å². The molecule has 4 nitrogen and oxygen atoms in total. The van der Waals surface area contributed by atoms with E-state index in [1.807, 2.05) is 28.9 Å². The first-order valence-corrected chi connectivity index (χ1v) is 9.51. The van der Waals surface area contributed by atoms with Crippen LogP contribution in [0.1, 0.15) is 62.3 Å². The Morgan fingerprint density at radius 3 is 2.48 bits per heavy atom. The highest BCUT2D eigenvalue weighted by Crippen LogP contribution is 2.26. The number of hydrogen-bond donors (Lipinski definition) is 1. The molecule has 1 aromatic heterocycles. The molecule has 0 aliphatic heterocycles. The van der Waals surface area contributed by atoms with Crippen molar-refractivity contribution in [1.82, 2.24) is 15.1 Å². The lowest BCUT2D eigenvalue weighted by molar-refractivity contribution is 0.0947. The van der Waals surface area contributed by atoms with Crippen molar-refractivity contribution in [3.05, 3.63) is 46.2 Å². The molecule has 0 atom stereocenters. The maximum atomic E-state index is 12.9. The molecule has 2 aromatic rings. The van der Waals surface area contributed by atoms with Crippen molar-refractivity contribution in [1.29, 1.82) is 0 Å². The molecule has 2 rings (SSSR count). The molecule has 0 radical (unpaired) electrons. The predicted octanol–water partition coefficient (Wildman–Crippen LogP) is 4.82. The van der Waals surface area contributed by atoms with E-state index in [-0.39, 0.29) is 5.91 Å². The standard InChI is InChI=1S/C20H28ClN3O/c1-5-9-16-19(20(25)22-13-14(3)4)18(10-6-2)24(23-16)17-12-8-7-11-15(17)21/h7-8,11-12,14H,5-6,9-10,13H2,1-4H3,(H,22,25). The smallest absolute Gasteiger partial charge is 0.255 e. The number of carbonyl (C=O) groups excluding carboxylic acids is 1. The van der Waals surface area contributed by atoms with E-state index in [9.17, 15) is 4.79 Å². The fourth-order valence-corrected chi connectivity index (χ4v) is 3.07. The van der Waals surface area contributed by atoms with E-state index in [1.54, 1.807) is 0 Å². The molecule has 0 fully saturated rings. The molecule has 0 spiro atoms. The Hall–Kier alpha value is -1.81. The number of carbonyl (C=O) groups is 1. The highest BCUT2D eigenvalue weighted by Gasteiger charge is 2.24. The van der Waals surface area contributed by atoms with Gasteiger partial charge in [-0.25, -0.2) is 4.68 Å². The Morgan fingerprint density at radius 2 is 1.88 bits per heavy atom. The summed E-state index contributed by atoms with van der Waals surface area (Å²) in [6.07, 6.45) is 3.44. The largest absolute Gasteiger partial charge is 0.352 e. The van der Waals surface area contributed by atoms with Gasteiger partial charge in [-0.3, -0.25) is 4.79 Å². The number of halogens is 1. The molecule has 0 saturated carbocycles. The van der Waals surface area contributed by atoms with Crippen LogP contribution in [0.5, 0.6) is 0 Å². The molecular formula is C20H28ClN3O. The first-order chi connectivity index (χ1) is 12.0. The summed E-state index contributed by atoms with van der Waals surface area (Å²) in [5.74, 6) is 0.380. The second-order valence-corrected chi connectivity index (χ2v) is 7.14. The third-order valence-corrected chi connectivity index (χ3v) is 4.33. The van der Waals surface area contributed by atoms with Crippen LogP contribution in [0.25, 0.3) is 5.69 Å². The van der Waals surface area contributed by atoms with Gasteiger partial charge in [-0.15, -0.1) is 0 Å². The van der Waals surface area contributed by atoms with Crippen molar-refractivity contribution >= 4 is 17.5 Å².